The molecular formula is C15H22N4O5. The Morgan fingerprint density at radius 2 is 1.71 bits per heavy atom. The lowest BCUT2D eigenvalue weighted by Gasteiger charge is -2.13. The predicted molar refractivity (Wildman–Crippen MR) is 86.3 cm³/mol. The van der Waals surface area contributed by atoms with Crippen LogP contribution in [0.15, 0.2) is 30.3 Å². The molecule has 1 atom stereocenters. The first-order chi connectivity index (χ1) is 11.5. The fraction of sp³-hybridized carbons (Fsp3) is 0.400. The molecule has 24 heavy (non-hydrogen) atoms. The summed E-state index contributed by atoms with van der Waals surface area (Å²) in [6.45, 7) is 0.592. The summed E-state index contributed by atoms with van der Waals surface area (Å²) >= 11 is 0. The molecule has 3 amide bonds. The first kappa shape index (κ1) is 19.2. The van der Waals surface area contributed by atoms with Crippen molar-refractivity contribution in [1.82, 2.24) is 16.0 Å². The van der Waals surface area contributed by atoms with Gasteiger partial charge in [0.05, 0.1) is 6.04 Å². The third-order valence-electron chi connectivity index (χ3n) is 2.97. The number of benzene rings is 1. The number of carboxylic acid groups (broad SMARTS) is 1. The number of amides is 3. The van der Waals surface area contributed by atoms with Crippen LogP contribution in [0.25, 0.3) is 0 Å². The molecule has 0 spiro atoms. The average molecular weight is 338 g/mol. The molecule has 1 rings (SSSR count). The van der Waals surface area contributed by atoms with Crippen LogP contribution in [0, 0.1) is 0 Å². The van der Waals surface area contributed by atoms with Gasteiger partial charge in [-0.1, -0.05) is 30.3 Å². The number of carbonyl (C=O) groups excluding carboxylic acids is 2. The predicted octanol–water partition coefficient (Wildman–Crippen LogP) is 0.0140. The molecule has 1 aromatic rings. The van der Waals surface area contributed by atoms with Gasteiger partial charge < -0.3 is 31.5 Å². The van der Waals surface area contributed by atoms with E-state index in [1.165, 1.54) is 0 Å². The number of ether oxygens (including phenoxy) is 1. The molecule has 0 unspecified atom stereocenters. The fourth-order valence-corrected chi connectivity index (χ4v) is 1.72. The third kappa shape index (κ3) is 8.59. The molecule has 0 saturated carbocycles. The number of hydrogen-bond donors (Lipinski definition) is 5. The lowest BCUT2D eigenvalue weighted by molar-refractivity contribution is -0.122. The highest BCUT2D eigenvalue weighted by Crippen LogP contribution is 2.00. The van der Waals surface area contributed by atoms with Crippen LogP contribution in [-0.2, 0) is 16.1 Å². The lowest BCUT2D eigenvalue weighted by Crippen LogP contribution is -2.45. The molecule has 0 aromatic heterocycles. The zero-order valence-corrected chi connectivity index (χ0v) is 13.2. The fourth-order valence-electron chi connectivity index (χ4n) is 1.72. The van der Waals surface area contributed by atoms with Gasteiger partial charge in [0.25, 0.3) is 0 Å². The molecule has 0 heterocycles. The summed E-state index contributed by atoms with van der Waals surface area (Å²) in [5.41, 5.74) is 6.54. The van der Waals surface area contributed by atoms with Gasteiger partial charge in [0, 0.05) is 19.6 Å². The van der Waals surface area contributed by atoms with Crippen LogP contribution in [0.5, 0.6) is 0 Å². The maximum absolute atomic E-state index is 11.6. The second kappa shape index (κ2) is 10.8. The van der Waals surface area contributed by atoms with Crippen LogP contribution in [0.2, 0.25) is 0 Å². The average Bonchev–Trinajstić information content (AvgIpc) is 2.57. The Morgan fingerprint density at radius 3 is 2.38 bits per heavy atom. The van der Waals surface area contributed by atoms with Crippen LogP contribution < -0.4 is 21.7 Å². The highest BCUT2D eigenvalue weighted by atomic mass is 16.5. The first-order valence-electron chi connectivity index (χ1n) is 7.43. The van der Waals surface area contributed by atoms with E-state index in [1.807, 2.05) is 30.3 Å². The molecule has 0 aliphatic carbocycles. The standard InChI is InChI=1S/C15H22N4O5/c16-12(13(20)17-8-9-18-14(21)22)6-7-19-15(23)24-10-11-4-2-1-3-5-11/h1-5,12,18H,6-10,16H2,(H,17,20)(H,19,23)(H,21,22)/t12-/m0/s1. The second-order valence-electron chi connectivity index (χ2n) is 4.91. The monoisotopic (exact) mass is 338 g/mol. The summed E-state index contributed by atoms with van der Waals surface area (Å²) < 4.78 is 5.02. The largest absolute Gasteiger partial charge is 0.465 e. The minimum absolute atomic E-state index is 0.0951. The smallest absolute Gasteiger partial charge is 0.407 e. The quantitative estimate of drug-likeness (QED) is 0.402. The summed E-state index contributed by atoms with van der Waals surface area (Å²) in [6, 6.07) is 8.44. The van der Waals surface area contributed by atoms with Crippen LogP contribution in [-0.4, -0.2) is 48.9 Å². The number of carbonyl (C=O) groups is 3. The maximum atomic E-state index is 11.6. The summed E-state index contributed by atoms with van der Waals surface area (Å²) in [5.74, 6) is -0.415. The number of nitrogens with two attached hydrogens (primary N) is 1. The van der Waals surface area contributed by atoms with Crippen molar-refractivity contribution in [3.05, 3.63) is 35.9 Å². The Labute approximate surface area is 139 Å². The van der Waals surface area contributed by atoms with Crippen LogP contribution in [0.4, 0.5) is 9.59 Å². The van der Waals surface area contributed by atoms with Gasteiger partial charge in [0.2, 0.25) is 5.91 Å². The highest BCUT2D eigenvalue weighted by molar-refractivity contribution is 5.81. The van der Waals surface area contributed by atoms with Crippen molar-refractivity contribution in [2.75, 3.05) is 19.6 Å². The van der Waals surface area contributed by atoms with E-state index in [0.717, 1.165) is 5.56 Å². The van der Waals surface area contributed by atoms with Crippen LogP contribution >= 0.6 is 0 Å². The molecule has 0 aliphatic rings. The van der Waals surface area contributed by atoms with Gasteiger partial charge in [-0.2, -0.15) is 0 Å². The van der Waals surface area contributed by atoms with Gasteiger partial charge in [-0.15, -0.1) is 0 Å². The topological polar surface area (TPSA) is 143 Å². The molecule has 0 radical (unpaired) electrons. The number of rotatable bonds is 9. The van der Waals surface area contributed by atoms with Crippen molar-refractivity contribution in [2.24, 2.45) is 5.73 Å². The Morgan fingerprint density at radius 1 is 1.04 bits per heavy atom. The van der Waals surface area contributed by atoms with Gasteiger partial charge >= 0.3 is 12.2 Å². The van der Waals surface area contributed by atoms with E-state index in [1.54, 1.807) is 0 Å². The highest BCUT2D eigenvalue weighted by Gasteiger charge is 2.13. The van der Waals surface area contributed by atoms with E-state index in [-0.39, 0.29) is 32.7 Å². The SMILES string of the molecule is N[C@@H](CCNC(=O)OCc1ccccc1)C(=O)NCCNC(=O)O. The van der Waals surface area contributed by atoms with Crippen LogP contribution in [0.1, 0.15) is 12.0 Å². The molecule has 0 aliphatic heterocycles. The molecule has 9 heteroatoms. The van der Waals surface area contributed by atoms with Crippen molar-refractivity contribution < 1.29 is 24.2 Å². The van der Waals surface area contributed by atoms with Crippen molar-refractivity contribution in [3.8, 4) is 0 Å². The summed E-state index contributed by atoms with van der Waals surface area (Å²) in [6.07, 6.45) is -1.51. The number of hydrogen-bond acceptors (Lipinski definition) is 5. The molecule has 6 N–H and O–H groups in total. The van der Waals surface area contributed by atoms with Crippen LogP contribution in [0.3, 0.4) is 0 Å². The first-order valence-corrected chi connectivity index (χ1v) is 7.43. The number of nitrogens with one attached hydrogen (secondary N) is 3. The lowest BCUT2D eigenvalue weighted by atomic mass is 10.2. The zero-order valence-electron chi connectivity index (χ0n) is 13.2. The normalized spacial score (nSPS) is 11.2. The minimum Gasteiger partial charge on any atom is -0.465 e. The maximum Gasteiger partial charge on any atom is 0.407 e. The second-order valence-corrected chi connectivity index (χ2v) is 4.91. The van der Waals surface area contributed by atoms with Gasteiger partial charge in [-0.3, -0.25) is 4.79 Å². The molecule has 9 nitrogen and oxygen atoms in total. The Balaban J connectivity index is 2.11. The van der Waals surface area contributed by atoms with E-state index >= 15 is 0 Å². The Bertz CT molecular complexity index is 538. The van der Waals surface area contributed by atoms with Gasteiger partial charge in [-0.25, -0.2) is 9.59 Å². The molecule has 0 bridgehead atoms. The summed E-state index contributed by atoms with van der Waals surface area (Å²) in [4.78, 5) is 33.3. The van der Waals surface area contributed by atoms with Crippen molar-refractivity contribution in [2.45, 2.75) is 19.1 Å². The van der Waals surface area contributed by atoms with Crippen molar-refractivity contribution in [3.63, 3.8) is 0 Å². The molecule has 132 valence electrons. The molecule has 1 aromatic carbocycles. The number of alkyl carbamates (subject to hydrolysis) is 1. The zero-order chi connectivity index (χ0) is 17.8. The molecule has 0 fully saturated rings. The van der Waals surface area contributed by atoms with E-state index in [2.05, 4.69) is 16.0 Å². The molecule has 0 saturated heterocycles. The van der Waals surface area contributed by atoms with E-state index in [9.17, 15) is 14.4 Å². The summed E-state index contributed by atoms with van der Waals surface area (Å²) in [5, 5.41) is 15.5. The Hall–Kier alpha value is -2.81. The summed E-state index contributed by atoms with van der Waals surface area (Å²) in [7, 11) is 0. The third-order valence-corrected chi connectivity index (χ3v) is 2.97. The van der Waals surface area contributed by atoms with Gasteiger partial charge in [0.1, 0.15) is 6.61 Å². The van der Waals surface area contributed by atoms with Gasteiger partial charge in [0.15, 0.2) is 0 Å². The molecular weight excluding hydrogens is 316 g/mol. The van der Waals surface area contributed by atoms with E-state index < -0.39 is 24.1 Å². The van der Waals surface area contributed by atoms with Gasteiger partial charge in [-0.05, 0) is 12.0 Å². The van der Waals surface area contributed by atoms with Crippen molar-refractivity contribution in [1.29, 1.82) is 0 Å². The van der Waals surface area contributed by atoms with E-state index in [0.29, 0.717) is 0 Å². The van der Waals surface area contributed by atoms with Crippen molar-refractivity contribution >= 4 is 18.1 Å². The van der Waals surface area contributed by atoms with E-state index in [4.69, 9.17) is 15.6 Å². The Kier molecular flexibility index (Phi) is 8.69. The minimum atomic E-state index is -1.16.